The van der Waals surface area contributed by atoms with E-state index < -0.39 is 0 Å². The Labute approximate surface area is 159 Å². The van der Waals surface area contributed by atoms with Crippen LogP contribution in [0.5, 0.6) is 0 Å². The molecule has 0 saturated carbocycles. The smallest absolute Gasteiger partial charge is 0.226 e. The van der Waals surface area contributed by atoms with Gasteiger partial charge in [0.25, 0.3) is 0 Å². The first-order chi connectivity index (χ1) is 12.6. The first-order valence-corrected chi connectivity index (χ1v) is 9.45. The normalized spacial score (nSPS) is 11.4. The van der Waals surface area contributed by atoms with Crippen LogP contribution in [0.2, 0.25) is 5.28 Å². The van der Waals surface area contributed by atoms with Gasteiger partial charge in [0.15, 0.2) is 17.0 Å². The molecule has 1 aromatic carbocycles. The third-order valence-electron chi connectivity index (χ3n) is 3.95. The molecule has 4 aromatic rings. The number of nitrogens with one attached hydrogen (secondary N) is 1. The van der Waals surface area contributed by atoms with Gasteiger partial charge in [-0.15, -0.1) is 11.3 Å². The van der Waals surface area contributed by atoms with Crippen LogP contribution in [0.3, 0.4) is 0 Å². The minimum Gasteiger partial charge on any atom is -0.363 e. The zero-order chi connectivity index (χ0) is 18.1. The first kappa shape index (κ1) is 16.9. The summed E-state index contributed by atoms with van der Waals surface area (Å²) in [5.41, 5.74) is 2.57. The first-order valence-electron chi connectivity index (χ1n) is 8.26. The molecule has 0 bridgehead atoms. The molecule has 6 nitrogen and oxygen atoms in total. The van der Waals surface area contributed by atoms with Crippen LogP contribution in [0.25, 0.3) is 21.7 Å². The van der Waals surface area contributed by atoms with Gasteiger partial charge >= 0.3 is 0 Å². The van der Waals surface area contributed by atoms with Gasteiger partial charge in [-0.3, -0.25) is 0 Å². The molecule has 132 valence electrons. The maximum absolute atomic E-state index is 6.11. The number of nitrogens with zero attached hydrogens (tertiary/aromatic N) is 5. The highest BCUT2D eigenvalue weighted by Gasteiger charge is 2.14. The van der Waals surface area contributed by atoms with Gasteiger partial charge in [0.1, 0.15) is 5.01 Å². The Morgan fingerprint density at radius 2 is 1.96 bits per heavy atom. The monoisotopic (exact) mass is 384 g/mol. The summed E-state index contributed by atoms with van der Waals surface area (Å²) in [7, 11) is 0. The summed E-state index contributed by atoms with van der Waals surface area (Å²) in [4.78, 5) is 18.7. The summed E-state index contributed by atoms with van der Waals surface area (Å²) in [6, 6.07) is 10.4. The molecule has 0 unspecified atom stereocenters. The van der Waals surface area contributed by atoms with Crippen molar-refractivity contribution >= 4 is 39.9 Å². The number of hydrogen-bond acceptors (Lipinski definition) is 6. The number of thiazole rings is 1. The van der Waals surface area contributed by atoms with Crippen molar-refractivity contribution < 1.29 is 0 Å². The van der Waals surface area contributed by atoms with E-state index in [1.165, 1.54) is 0 Å². The predicted octanol–water partition coefficient (Wildman–Crippen LogP) is 4.80. The number of rotatable bonds is 5. The average molecular weight is 385 g/mol. The lowest BCUT2D eigenvalue weighted by Gasteiger charge is -2.08. The van der Waals surface area contributed by atoms with Crippen molar-refractivity contribution in [3.8, 4) is 10.6 Å². The van der Waals surface area contributed by atoms with E-state index in [0.29, 0.717) is 12.4 Å². The van der Waals surface area contributed by atoms with Crippen LogP contribution in [0.1, 0.15) is 24.8 Å². The minimum atomic E-state index is 0.205. The van der Waals surface area contributed by atoms with E-state index in [1.54, 1.807) is 17.7 Å². The molecule has 0 fully saturated rings. The van der Waals surface area contributed by atoms with Crippen LogP contribution >= 0.6 is 22.9 Å². The molecular weight excluding hydrogens is 368 g/mol. The van der Waals surface area contributed by atoms with Crippen molar-refractivity contribution in [1.82, 2.24) is 24.5 Å². The molecule has 0 radical (unpaired) electrons. The lowest BCUT2D eigenvalue weighted by molar-refractivity contribution is 0.612. The molecule has 1 N–H and O–H groups in total. The molecule has 0 aliphatic heterocycles. The zero-order valence-corrected chi connectivity index (χ0v) is 15.9. The van der Waals surface area contributed by atoms with Crippen molar-refractivity contribution in [3.05, 3.63) is 53.0 Å². The number of halogens is 1. The molecule has 0 saturated heterocycles. The molecule has 3 aromatic heterocycles. The lowest BCUT2D eigenvalue weighted by Crippen LogP contribution is -2.04. The molecule has 0 aliphatic rings. The fourth-order valence-electron chi connectivity index (χ4n) is 2.67. The van der Waals surface area contributed by atoms with Gasteiger partial charge in [0, 0.05) is 22.7 Å². The molecule has 0 amide bonds. The van der Waals surface area contributed by atoms with Gasteiger partial charge in [0.05, 0.1) is 12.9 Å². The maximum atomic E-state index is 6.11. The van der Waals surface area contributed by atoms with Crippen molar-refractivity contribution in [2.45, 2.75) is 26.4 Å². The summed E-state index contributed by atoms with van der Waals surface area (Å²) < 4.78 is 1.98. The van der Waals surface area contributed by atoms with Crippen molar-refractivity contribution in [2.75, 3.05) is 5.32 Å². The number of fused-ring (bicyclic) bond motifs is 1. The Hall–Kier alpha value is -2.51. The lowest BCUT2D eigenvalue weighted by atomic mass is 10.2. The van der Waals surface area contributed by atoms with Crippen molar-refractivity contribution in [2.24, 2.45) is 0 Å². The standard InChI is InChI=1S/C18H17ClN6S/c1-11(2)25-10-22-14-15(23-18(19)24-16(14)25)20-8-13-9-21-17(26-13)12-6-4-3-5-7-12/h3-7,9-11H,8H2,1-2H3,(H,20,23,24). The Kier molecular flexibility index (Phi) is 4.57. The van der Waals surface area contributed by atoms with E-state index in [9.17, 15) is 0 Å². The number of anilines is 1. The predicted molar refractivity (Wildman–Crippen MR) is 106 cm³/mol. The summed E-state index contributed by atoms with van der Waals surface area (Å²) in [6.07, 6.45) is 3.65. The molecule has 4 rings (SSSR count). The second-order valence-electron chi connectivity index (χ2n) is 6.11. The van der Waals surface area contributed by atoms with Crippen LogP contribution in [0.15, 0.2) is 42.9 Å². The van der Waals surface area contributed by atoms with E-state index in [-0.39, 0.29) is 11.3 Å². The average Bonchev–Trinajstić information content (AvgIpc) is 3.27. The van der Waals surface area contributed by atoms with E-state index in [4.69, 9.17) is 11.6 Å². The van der Waals surface area contributed by atoms with Gasteiger partial charge in [-0.05, 0) is 25.4 Å². The summed E-state index contributed by atoms with van der Waals surface area (Å²) in [5, 5.41) is 4.52. The fourth-order valence-corrected chi connectivity index (χ4v) is 3.69. The number of hydrogen-bond donors (Lipinski definition) is 1. The molecule has 3 heterocycles. The number of aromatic nitrogens is 5. The van der Waals surface area contributed by atoms with Crippen LogP contribution in [-0.2, 0) is 6.54 Å². The Morgan fingerprint density at radius 3 is 2.73 bits per heavy atom. The molecule has 0 atom stereocenters. The van der Waals surface area contributed by atoms with Crippen LogP contribution in [0.4, 0.5) is 5.82 Å². The molecule has 26 heavy (non-hydrogen) atoms. The maximum Gasteiger partial charge on any atom is 0.226 e. The van der Waals surface area contributed by atoms with Crippen LogP contribution < -0.4 is 5.32 Å². The minimum absolute atomic E-state index is 0.205. The van der Waals surface area contributed by atoms with Crippen molar-refractivity contribution in [3.63, 3.8) is 0 Å². The number of benzene rings is 1. The molecular formula is C18H17ClN6S. The third-order valence-corrected chi connectivity index (χ3v) is 5.17. The highest BCUT2D eigenvalue weighted by Crippen LogP contribution is 2.27. The molecule has 8 heteroatoms. The Bertz CT molecular complexity index is 1040. The zero-order valence-electron chi connectivity index (χ0n) is 14.3. The second-order valence-corrected chi connectivity index (χ2v) is 7.56. The number of imidazole rings is 1. The summed E-state index contributed by atoms with van der Waals surface area (Å²) >= 11 is 7.76. The quantitative estimate of drug-likeness (QED) is 0.501. The van der Waals surface area contributed by atoms with Crippen molar-refractivity contribution in [1.29, 1.82) is 0 Å². The van der Waals surface area contributed by atoms with Gasteiger partial charge in [-0.25, -0.2) is 9.97 Å². The van der Waals surface area contributed by atoms with Gasteiger partial charge in [-0.2, -0.15) is 9.97 Å². The fraction of sp³-hybridized carbons (Fsp3) is 0.222. The Morgan fingerprint density at radius 1 is 1.15 bits per heavy atom. The third kappa shape index (κ3) is 3.27. The van der Waals surface area contributed by atoms with E-state index in [1.807, 2.05) is 29.0 Å². The second kappa shape index (κ2) is 7.01. The topological polar surface area (TPSA) is 68.5 Å². The highest BCUT2D eigenvalue weighted by molar-refractivity contribution is 7.15. The van der Waals surface area contributed by atoms with Gasteiger partial charge in [-0.1, -0.05) is 30.3 Å². The molecule has 0 spiro atoms. The van der Waals surface area contributed by atoms with Gasteiger partial charge < -0.3 is 9.88 Å². The molecule has 0 aliphatic carbocycles. The van der Waals surface area contributed by atoms with E-state index >= 15 is 0 Å². The SMILES string of the molecule is CC(C)n1cnc2c(NCc3cnc(-c4ccccc4)s3)nc(Cl)nc21. The summed E-state index contributed by atoms with van der Waals surface area (Å²) in [6.45, 7) is 4.75. The Balaban J connectivity index is 1.58. The van der Waals surface area contributed by atoms with E-state index in [2.05, 4.69) is 51.2 Å². The summed E-state index contributed by atoms with van der Waals surface area (Å²) in [5.74, 6) is 0.633. The van der Waals surface area contributed by atoms with E-state index in [0.717, 1.165) is 26.6 Å². The van der Waals surface area contributed by atoms with Crippen LogP contribution in [0, 0.1) is 0 Å². The highest BCUT2D eigenvalue weighted by atomic mass is 35.5. The largest absolute Gasteiger partial charge is 0.363 e. The van der Waals surface area contributed by atoms with Gasteiger partial charge in [0.2, 0.25) is 5.28 Å². The van der Waals surface area contributed by atoms with Crippen LogP contribution in [-0.4, -0.2) is 24.5 Å².